The Morgan fingerprint density at radius 2 is 1.82 bits per heavy atom. The molecule has 3 amide bonds. The van der Waals surface area contributed by atoms with Gasteiger partial charge in [0.25, 0.3) is 12.3 Å². The monoisotopic (exact) mass is 653 g/mol. The predicted molar refractivity (Wildman–Crippen MR) is 156 cm³/mol. The second-order valence-corrected chi connectivity index (χ2v) is 12.9. The number of anilines is 1. The van der Waals surface area contributed by atoms with E-state index >= 15 is 0 Å². The quantitative estimate of drug-likeness (QED) is 0.215. The molecule has 3 atom stereocenters. The van der Waals surface area contributed by atoms with Crippen LogP contribution in [-0.4, -0.2) is 93.5 Å². The molecule has 1 unspecified atom stereocenters. The zero-order valence-electron chi connectivity index (χ0n) is 24.1. The molecule has 45 heavy (non-hydrogen) atoms. The minimum atomic E-state index is -5.83. The van der Waals surface area contributed by atoms with Gasteiger partial charge in [0.1, 0.15) is 17.8 Å². The molecule has 3 heterocycles. The number of halogens is 4. The van der Waals surface area contributed by atoms with Crippen molar-refractivity contribution in [1.29, 1.82) is 0 Å². The predicted octanol–water partition coefficient (Wildman–Crippen LogP) is 3.49. The molecule has 0 bridgehead atoms. The molecular formula is C29H32F4N5O6P. The van der Waals surface area contributed by atoms with Gasteiger partial charge in [0, 0.05) is 48.3 Å². The Bertz CT molecular complexity index is 1630. The molecular weight excluding hydrogens is 621 g/mol. The molecule has 2 fully saturated rings. The molecule has 2 aromatic carbocycles. The first-order valence-electron chi connectivity index (χ1n) is 14.2. The topological polar surface area (TPSA) is 146 Å². The minimum absolute atomic E-state index is 0.0447. The number of rotatable bonds is 8. The Kier molecular flexibility index (Phi) is 9.09. The maximum atomic E-state index is 14.3. The van der Waals surface area contributed by atoms with Gasteiger partial charge in [0.15, 0.2) is 0 Å². The van der Waals surface area contributed by atoms with Crippen molar-refractivity contribution in [2.45, 2.75) is 49.5 Å². The van der Waals surface area contributed by atoms with Crippen LogP contribution in [-0.2, 0) is 19.8 Å². The molecule has 4 N–H and O–H groups in total. The summed E-state index contributed by atoms with van der Waals surface area (Å²) in [5.41, 5.74) is -4.76. The molecule has 1 aromatic heterocycles. The van der Waals surface area contributed by atoms with Gasteiger partial charge in [-0.1, -0.05) is 24.3 Å². The van der Waals surface area contributed by atoms with Crippen molar-refractivity contribution >= 4 is 41.9 Å². The molecule has 2 saturated heterocycles. The second kappa shape index (κ2) is 12.5. The van der Waals surface area contributed by atoms with Gasteiger partial charge in [-0.25, -0.2) is 8.78 Å². The lowest BCUT2D eigenvalue weighted by atomic mass is 10.1. The minimum Gasteiger partial charge on any atom is -0.351 e. The summed E-state index contributed by atoms with van der Waals surface area (Å²) in [5, 5.41) is 2.62. The summed E-state index contributed by atoms with van der Waals surface area (Å²) in [6.07, 6.45) is -1.51. The molecule has 0 spiro atoms. The zero-order valence-corrected chi connectivity index (χ0v) is 25.0. The highest BCUT2D eigenvalue weighted by atomic mass is 31.2. The van der Waals surface area contributed by atoms with Crippen LogP contribution in [0.3, 0.4) is 0 Å². The summed E-state index contributed by atoms with van der Waals surface area (Å²) in [5.74, 6) is -1.78. The number of aromatic amines is 1. The summed E-state index contributed by atoms with van der Waals surface area (Å²) in [6.45, 7) is -0.690. The molecule has 16 heteroatoms. The number of amides is 3. The fourth-order valence-electron chi connectivity index (χ4n) is 6.00. The number of nitrogens with zero attached hydrogens (tertiary/aromatic N) is 3. The van der Waals surface area contributed by atoms with Gasteiger partial charge in [0.2, 0.25) is 11.8 Å². The molecule has 0 saturated carbocycles. The van der Waals surface area contributed by atoms with Crippen molar-refractivity contribution in [2.75, 3.05) is 31.6 Å². The Morgan fingerprint density at radius 3 is 2.49 bits per heavy atom. The highest BCUT2D eigenvalue weighted by Crippen LogP contribution is 2.59. The average molecular weight is 654 g/mol. The van der Waals surface area contributed by atoms with Gasteiger partial charge in [0.05, 0.1) is 6.54 Å². The van der Waals surface area contributed by atoms with Crippen LogP contribution in [0.25, 0.3) is 10.9 Å². The standard InChI is InChI=1S/C29H32F4N5O6P/c1-36(19-5-3-2-4-6-19)28(41)24-10-8-20-11-12-37(16-25(30)31)15-23(27(40)38(20)24)35-26(39)22-14-17-13-18(7-9-21(17)34-22)29(32,33)45(42,43)44/h2-7,9,13-14,20,23-25,34H,8,10-12,15-16H2,1H3,(H,35,39)(H2,42,43,44)/t20-,23?,24+/m1/s1. The van der Waals surface area contributed by atoms with Crippen LogP contribution < -0.4 is 10.2 Å². The van der Waals surface area contributed by atoms with E-state index in [1.54, 1.807) is 37.4 Å². The average Bonchev–Trinajstić information content (AvgIpc) is 3.61. The van der Waals surface area contributed by atoms with Crippen LogP contribution in [0.5, 0.6) is 0 Å². The van der Waals surface area contributed by atoms with Gasteiger partial charge in [-0.15, -0.1) is 0 Å². The number of carbonyl (C=O) groups is 3. The van der Waals surface area contributed by atoms with E-state index in [2.05, 4.69) is 10.3 Å². The van der Waals surface area contributed by atoms with Gasteiger partial charge < -0.3 is 29.9 Å². The number of likely N-dealkylation sites (N-methyl/N-ethyl adjacent to an activating group) is 1. The van der Waals surface area contributed by atoms with Crippen LogP contribution in [0.1, 0.15) is 35.3 Å². The number of carbonyl (C=O) groups excluding carboxylic acids is 3. The summed E-state index contributed by atoms with van der Waals surface area (Å²) >= 11 is 0. The van der Waals surface area contributed by atoms with Crippen molar-refractivity contribution in [3.8, 4) is 0 Å². The summed E-state index contributed by atoms with van der Waals surface area (Å²) < 4.78 is 66.7. The third-order valence-corrected chi connectivity index (χ3v) is 9.30. The number of hydrogen-bond donors (Lipinski definition) is 4. The Hall–Kier alpha value is -3.78. The van der Waals surface area contributed by atoms with E-state index in [9.17, 15) is 36.5 Å². The fraction of sp³-hybridized carbons (Fsp3) is 0.414. The first kappa shape index (κ1) is 32.6. The van der Waals surface area contributed by atoms with E-state index < -0.39 is 61.7 Å². The molecule has 0 radical (unpaired) electrons. The SMILES string of the molecule is CN(C(=O)[C@@H]1CC[C@@H]2CCN(CC(F)F)CC(NC(=O)c3cc4cc(C(F)(F)P(=O)(O)O)ccc4[nH]3)C(=O)N21)c1ccccc1. The molecule has 0 aliphatic carbocycles. The first-order valence-corrected chi connectivity index (χ1v) is 15.8. The lowest BCUT2D eigenvalue weighted by Gasteiger charge is -2.39. The summed E-state index contributed by atoms with van der Waals surface area (Å²) in [4.78, 5) is 66.2. The molecule has 2 aliphatic heterocycles. The van der Waals surface area contributed by atoms with Gasteiger partial charge in [-0.05, 0) is 49.6 Å². The lowest BCUT2D eigenvalue weighted by Crippen LogP contribution is -2.61. The van der Waals surface area contributed by atoms with Crippen LogP contribution in [0.2, 0.25) is 0 Å². The number of para-hydroxylation sites is 1. The Balaban J connectivity index is 1.41. The number of benzene rings is 2. The van der Waals surface area contributed by atoms with Crippen molar-refractivity contribution in [1.82, 2.24) is 20.1 Å². The zero-order chi connectivity index (χ0) is 32.7. The molecule has 242 valence electrons. The van der Waals surface area contributed by atoms with E-state index in [1.807, 2.05) is 0 Å². The number of H-pyrrole nitrogens is 1. The second-order valence-electron chi connectivity index (χ2n) is 11.3. The van der Waals surface area contributed by atoms with Gasteiger partial charge >= 0.3 is 13.3 Å². The largest absolute Gasteiger partial charge is 0.399 e. The van der Waals surface area contributed by atoms with E-state index in [4.69, 9.17) is 9.79 Å². The molecule has 5 rings (SSSR count). The van der Waals surface area contributed by atoms with Crippen molar-refractivity contribution in [3.05, 3.63) is 65.9 Å². The highest BCUT2D eigenvalue weighted by molar-refractivity contribution is 7.52. The van der Waals surface area contributed by atoms with Crippen LogP contribution in [0.4, 0.5) is 23.2 Å². The third kappa shape index (κ3) is 6.62. The third-order valence-electron chi connectivity index (χ3n) is 8.31. The summed E-state index contributed by atoms with van der Waals surface area (Å²) in [6, 6.07) is 10.2. The van der Waals surface area contributed by atoms with Gasteiger partial charge in [-0.3, -0.25) is 23.8 Å². The molecule has 3 aromatic rings. The maximum absolute atomic E-state index is 14.3. The van der Waals surface area contributed by atoms with E-state index in [1.165, 1.54) is 20.8 Å². The Labute approximate surface area is 255 Å². The number of fused-ring (bicyclic) bond motifs is 2. The molecule has 11 nitrogen and oxygen atoms in total. The number of aromatic nitrogens is 1. The van der Waals surface area contributed by atoms with Crippen molar-refractivity contribution in [3.63, 3.8) is 0 Å². The fourth-order valence-corrected chi connectivity index (χ4v) is 6.47. The Morgan fingerprint density at radius 1 is 1.11 bits per heavy atom. The molecule has 2 aliphatic rings. The van der Waals surface area contributed by atoms with Gasteiger partial charge in [-0.2, -0.15) is 8.78 Å². The van der Waals surface area contributed by atoms with Crippen molar-refractivity contribution < 1.29 is 46.3 Å². The summed E-state index contributed by atoms with van der Waals surface area (Å²) in [7, 11) is -4.23. The normalized spacial score (nSPS) is 21.5. The van der Waals surface area contributed by atoms with E-state index in [0.717, 1.165) is 18.2 Å². The van der Waals surface area contributed by atoms with Crippen LogP contribution in [0.15, 0.2) is 54.6 Å². The van der Waals surface area contributed by atoms with E-state index in [0.29, 0.717) is 24.9 Å². The number of nitrogens with one attached hydrogen (secondary N) is 2. The van der Waals surface area contributed by atoms with Crippen LogP contribution >= 0.6 is 7.60 Å². The smallest absolute Gasteiger partial charge is 0.351 e. The van der Waals surface area contributed by atoms with Crippen molar-refractivity contribution in [2.24, 2.45) is 0 Å². The van der Waals surface area contributed by atoms with E-state index in [-0.39, 0.29) is 35.6 Å². The highest BCUT2D eigenvalue weighted by Gasteiger charge is 2.50. The number of hydrogen-bond acceptors (Lipinski definition) is 5. The maximum Gasteiger partial charge on any atom is 0.399 e. The first-order chi connectivity index (χ1) is 21.2. The van der Waals surface area contributed by atoms with Crippen LogP contribution in [0, 0.1) is 0 Å². The number of alkyl halides is 4. The lowest BCUT2D eigenvalue weighted by molar-refractivity contribution is -0.142.